The van der Waals surface area contributed by atoms with E-state index in [0.717, 1.165) is 36.3 Å². The fourth-order valence-electron chi connectivity index (χ4n) is 4.05. The molecule has 1 atom stereocenters. The van der Waals surface area contributed by atoms with Gasteiger partial charge in [-0.05, 0) is 51.2 Å². The maximum absolute atomic E-state index is 12.9. The van der Waals surface area contributed by atoms with Gasteiger partial charge in [0.2, 0.25) is 5.91 Å². The fraction of sp³-hybridized carbons (Fsp3) is 0.500. The molecule has 1 aliphatic rings. The molecular weight excluding hydrogens is 336 g/mol. The molecule has 1 aliphatic heterocycles. The smallest absolute Gasteiger partial charge is 0.223 e. The number of rotatable bonds is 6. The lowest BCUT2D eigenvalue weighted by Gasteiger charge is -2.25. The SMILES string of the molecule is Cc1ccc(C2CCCN2C(=O)CCc2c(C)nn(CCC#N)c2C)cc1. The standard InChI is InChI=1S/C22H28N4O/c1-16-7-9-19(10-8-16)21-6-4-14-25(21)22(27)12-11-20-17(2)24-26(18(20)3)15-5-13-23/h7-10,21H,4-6,11-12,14-15H2,1-3H3. The van der Waals surface area contributed by atoms with Crippen molar-refractivity contribution in [1.82, 2.24) is 14.7 Å². The second kappa shape index (κ2) is 8.39. The van der Waals surface area contributed by atoms with E-state index < -0.39 is 0 Å². The minimum absolute atomic E-state index is 0.207. The Hall–Kier alpha value is -2.61. The quantitative estimate of drug-likeness (QED) is 0.778. The van der Waals surface area contributed by atoms with E-state index in [4.69, 9.17) is 5.26 Å². The van der Waals surface area contributed by atoms with Crippen LogP contribution in [0, 0.1) is 32.1 Å². The molecule has 1 aromatic carbocycles. The van der Waals surface area contributed by atoms with Crippen LogP contribution >= 0.6 is 0 Å². The van der Waals surface area contributed by atoms with Crippen LogP contribution in [0.4, 0.5) is 0 Å². The van der Waals surface area contributed by atoms with E-state index in [1.165, 1.54) is 11.1 Å². The molecule has 2 aromatic rings. The number of hydrogen-bond donors (Lipinski definition) is 0. The van der Waals surface area contributed by atoms with Crippen molar-refractivity contribution >= 4 is 5.91 Å². The first kappa shape index (κ1) is 19.2. The number of benzene rings is 1. The van der Waals surface area contributed by atoms with Gasteiger partial charge in [0.25, 0.3) is 0 Å². The third-order valence-corrected chi connectivity index (χ3v) is 5.59. The zero-order valence-corrected chi connectivity index (χ0v) is 16.5. The van der Waals surface area contributed by atoms with Gasteiger partial charge in [-0.2, -0.15) is 10.4 Å². The highest BCUT2D eigenvalue weighted by Gasteiger charge is 2.29. The number of carbonyl (C=O) groups excluding carboxylic acids is 1. The molecule has 1 unspecified atom stereocenters. The molecule has 3 rings (SSSR count). The number of aryl methyl sites for hydroxylation is 3. The largest absolute Gasteiger partial charge is 0.336 e. The summed E-state index contributed by atoms with van der Waals surface area (Å²) in [4.78, 5) is 15.0. The first-order valence-corrected chi connectivity index (χ1v) is 9.77. The molecule has 0 N–H and O–H groups in total. The van der Waals surface area contributed by atoms with Crippen molar-refractivity contribution in [2.75, 3.05) is 6.54 Å². The molecule has 2 heterocycles. The Morgan fingerprint density at radius 3 is 2.70 bits per heavy atom. The Morgan fingerprint density at radius 2 is 2.00 bits per heavy atom. The van der Waals surface area contributed by atoms with E-state index >= 15 is 0 Å². The second-order valence-electron chi connectivity index (χ2n) is 7.44. The Bertz CT molecular complexity index is 844. The number of aromatic nitrogens is 2. The number of hydrogen-bond acceptors (Lipinski definition) is 3. The maximum atomic E-state index is 12.9. The number of likely N-dealkylation sites (tertiary alicyclic amines) is 1. The Balaban J connectivity index is 1.66. The van der Waals surface area contributed by atoms with E-state index in [1.807, 2.05) is 18.5 Å². The van der Waals surface area contributed by atoms with Crippen molar-refractivity contribution < 1.29 is 4.79 Å². The van der Waals surface area contributed by atoms with Crippen LogP contribution in [0.2, 0.25) is 0 Å². The zero-order valence-electron chi connectivity index (χ0n) is 16.5. The second-order valence-corrected chi connectivity index (χ2v) is 7.44. The van der Waals surface area contributed by atoms with Crippen molar-refractivity contribution in [2.24, 2.45) is 0 Å². The number of nitriles is 1. The van der Waals surface area contributed by atoms with Crippen LogP contribution in [0.5, 0.6) is 0 Å². The molecule has 142 valence electrons. The van der Waals surface area contributed by atoms with Gasteiger partial charge in [0.1, 0.15) is 0 Å². The molecule has 27 heavy (non-hydrogen) atoms. The predicted octanol–water partition coefficient (Wildman–Crippen LogP) is 4.02. The van der Waals surface area contributed by atoms with Crippen LogP contribution < -0.4 is 0 Å². The summed E-state index contributed by atoms with van der Waals surface area (Å²) in [6.45, 7) is 7.56. The summed E-state index contributed by atoms with van der Waals surface area (Å²) in [6, 6.07) is 10.9. The summed E-state index contributed by atoms with van der Waals surface area (Å²) < 4.78 is 1.89. The van der Waals surface area contributed by atoms with E-state index in [0.29, 0.717) is 25.8 Å². The Kier molecular flexibility index (Phi) is 5.95. The Labute approximate surface area is 161 Å². The third-order valence-electron chi connectivity index (χ3n) is 5.59. The van der Waals surface area contributed by atoms with Crippen LogP contribution in [0.25, 0.3) is 0 Å². The van der Waals surface area contributed by atoms with Crippen molar-refractivity contribution in [2.45, 2.75) is 65.5 Å². The Morgan fingerprint density at radius 1 is 1.26 bits per heavy atom. The number of carbonyl (C=O) groups is 1. The van der Waals surface area contributed by atoms with Crippen LogP contribution in [0.1, 0.15) is 59.8 Å². The summed E-state index contributed by atoms with van der Waals surface area (Å²) in [5, 5.41) is 13.3. The highest BCUT2D eigenvalue weighted by Crippen LogP contribution is 2.32. The van der Waals surface area contributed by atoms with E-state index in [-0.39, 0.29) is 11.9 Å². The average molecular weight is 364 g/mol. The monoisotopic (exact) mass is 364 g/mol. The lowest BCUT2D eigenvalue weighted by atomic mass is 10.0. The maximum Gasteiger partial charge on any atom is 0.223 e. The molecule has 0 bridgehead atoms. The molecule has 0 spiro atoms. The summed E-state index contributed by atoms with van der Waals surface area (Å²) in [7, 11) is 0. The highest BCUT2D eigenvalue weighted by atomic mass is 16.2. The molecule has 0 saturated carbocycles. The van der Waals surface area contributed by atoms with Gasteiger partial charge in [-0.1, -0.05) is 29.8 Å². The molecule has 1 aromatic heterocycles. The van der Waals surface area contributed by atoms with E-state index in [2.05, 4.69) is 47.3 Å². The third kappa shape index (κ3) is 4.21. The number of nitrogens with zero attached hydrogens (tertiary/aromatic N) is 4. The van der Waals surface area contributed by atoms with Crippen LogP contribution in [0.3, 0.4) is 0 Å². The van der Waals surface area contributed by atoms with Crippen molar-refractivity contribution in [3.8, 4) is 6.07 Å². The molecule has 0 aliphatic carbocycles. The normalized spacial score (nSPS) is 16.5. The van der Waals surface area contributed by atoms with Gasteiger partial charge in [0, 0.05) is 18.7 Å². The first-order chi connectivity index (χ1) is 13.0. The highest BCUT2D eigenvalue weighted by molar-refractivity contribution is 5.77. The van der Waals surface area contributed by atoms with Gasteiger partial charge in [-0.25, -0.2) is 0 Å². The fourth-order valence-corrected chi connectivity index (χ4v) is 4.05. The lowest BCUT2D eigenvalue weighted by molar-refractivity contribution is -0.132. The first-order valence-electron chi connectivity index (χ1n) is 9.77. The van der Waals surface area contributed by atoms with Crippen LogP contribution in [-0.4, -0.2) is 27.1 Å². The number of amides is 1. The predicted molar refractivity (Wildman–Crippen MR) is 105 cm³/mol. The summed E-state index contributed by atoms with van der Waals surface area (Å²) in [5.74, 6) is 0.224. The van der Waals surface area contributed by atoms with Gasteiger partial charge in [0.15, 0.2) is 0 Å². The lowest BCUT2D eigenvalue weighted by Crippen LogP contribution is -2.30. The van der Waals surface area contributed by atoms with E-state index in [1.54, 1.807) is 0 Å². The van der Waals surface area contributed by atoms with Gasteiger partial charge >= 0.3 is 0 Å². The van der Waals surface area contributed by atoms with Crippen molar-refractivity contribution in [1.29, 1.82) is 5.26 Å². The summed E-state index contributed by atoms with van der Waals surface area (Å²) in [6.07, 6.45) is 3.77. The van der Waals surface area contributed by atoms with Gasteiger partial charge < -0.3 is 4.90 Å². The molecular formula is C22H28N4O. The van der Waals surface area contributed by atoms with E-state index in [9.17, 15) is 4.79 Å². The average Bonchev–Trinajstić information content (AvgIpc) is 3.24. The van der Waals surface area contributed by atoms with Crippen LogP contribution in [0.15, 0.2) is 24.3 Å². The molecule has 0 radical (unpaired) electrons. The van der Waals surface area contributed by atoms with Gasteiger partial charge in [-0.3, -0.25) is 9.48 Å². The minimum Gasteiger partial charge on any atom is -0.336 e. The van der Waals surface area contributed by atoms with Gasteiger partial charge in [-0.15, -0.1) is 0 Å². The van der Waals surface area contributed by atoms with Crippen molar-refractivity contribution in [3.63, 3.8) is 0 Å². The molecule has 5 heteroatoms. The van der Waals surface area contributed by atoms with Crippen molar-refractivity contribution in [3.05, 3.63) is 52.3 Å². The minimum atomic E-state index is 0.207. The zero-order chi connectivity index (χ0) is 19.4. The molecule has 5 nitrogen and oxygen atoms in total. The topological polar surface area (TPSA) is 61.9 Å². The summed E-state index contributed by atoms with van der Waals surface area (Å²) >= 11 is 0. The summed E-state index contributed by atoms with van der Waals surface area (Å²) in [5.41, 5.74) is 5.67. The van der Waals surface area contributed by atoms with Gasteiger partial charge in [0.05, 0.1) is 30.8 Å². The molecule has 1 saturated heterocycles. The molecule has 1 amide bonds. The van der Waals surface area contributed by atoms with Crippen LogP contribution in [-0.2, 0) is 17.8 Å². The molecule has 1 fully saturated rings.